The van der Waals surface area contributed by atoms with Crippen LogP contribution in [0.4, 0.5) is 30.8 Å². The van der Waals surface area contributed by atoms with Crippen molar-refractivity contribution in [2.45, 2.75) is 6.18 Å². The van der Waals surface area contributed by atoms with Gasteiger partial charge >= 0.3 is 6.18 Å². The summed E-state index contributed by atoms with van der Waals surface area (Å²) in [6.07, 6.45) is -3.80. The Morgan fingerprint density at radius 2 is 1.91 bits per heavy atom. The quantitative estimate of drug-likeness (QED) is 0.579. The Balaban J connectivity index is 1.94. The molecular formula is C18H16ClF3N6O3S. The molecule has 2 heterocycles. The molecule has 0 atom stereocenters. The first-order valence-electron chi connectivity index (χ1n) is 9.00. The minimum Gasteiger partial charge on any atom is -0.489 e. The molecule has 14 heteroatoms. The minimum absolute atomic E-state index is 0.0289. The van der Waals surface area contributed by atoms with E-state index in [9.17, 15) is 21.6 Å². The fourth-order valence-corrected chi connectivity index (χ4v) is 4.68. The highest BCUT2D eigenvalue weighted by molar-refractivity contribution is 7.92. The van der Waals surface area contributed by atoms with Gasteiger partial charge in [0.2, 0.25) is 21.9 Å². The molecule has 4 rings (SSSR count). The minimum atomic E-state index is -4.81. The lowest BCUT2D eigenvalue weighted by atomic mass is 9.97. The van der Waals surface area contributed by atoms with E-state index in [1.54, 1.807) is 0 Å². The number of halogens is 4. The van der Waals surface area contributed by atoms with Crippen molar-refractivity contribution in [2.75, 3.05) is 35.2 Å². The van der Waals surface area contributed by atoms with Crippen LogP contribution in [0, 0.1) is 0 Å². The maximum atomic E-state index is 14.0. The second kappa shape index (κ2) is 7.45. The zero-order chi connectivity index (χ0) is 23.4. The average molecular weight is 489 g/mol. The zero-order valence-electron chi connectivity index (χ0n) is 16.4. The van der Waals surface area contributed by atoms with E-state index >= 15 is 0 Å². The molecular weight excluding hydrogens is 473 g/mol. The van der Waals surface area contributed by atoms with E-state index in [2.05, 4.69) is 10.1 Å². The van der Waals surface area contributed by atoms with Gasteiger partial charge in [0, 0.05) is 5.56 Å². The number of nitrogen functional groups attached to an aromatic ring is 2. The van der Waals surface area contributed by atoms with Gasteiger partial charge in [-0.2, -0.15) is 22.8 Å². The van der Waals surface area contributed by atoms with E-state index in [4.69, 9.17) is 27.8 Å². The van der Waals surface area contributed by atoms with Crippen molar-refractivity contribution in [3.05, 3.63) is 40.9 Å². The Morgan fingerprint density at radius 3 is 2.50 bits per heavy atom. The van der Waals surface area contributed by atoms with E-state index in [-0.39, 0.29) is 58.3 Å². The zero-order valence-corrected chi connectivity index (χ0v) is 18.0. The van der Waals surface area contributed by atoms with Crippen molar-refractivity contribution >= 4 is 39.2 Å². The average Bonchev–Trinajstić information content (AvgIpc) is 3.03. The predicted octanol–water partition coefficient (Wildman–Crippen LogP) is 2.93. The van der Waals surface area contributed by atoms with Crippen LogP contribution >= 0.6 is 11.6 Å². The standard InChI is InChI=1S/C18H16ClF3N6O3S/c1-32(29,30)27-4-5-31-14-3-2-9(6-13(14)27)15-11(18(20,21)22)7-10(8-12(15)19)28-17(24)25-16(23)26-28/h2-3,6-8H,4-5H2,1H3,(H4,23,24,25,26). The molecule has 3 aromatic rings. The number of rotatable bonds is 3. The van der Waals surface area contributed by atoms with E-state index < -0.39 is 21.8 Å². The number of anilines is 3. The Bertz CT molecular complexity index is 1330. The lowest BCUT2D eigenvalue weighted by Gasteiger charge is -2.30. The van der Waals surface area contributed by atoms with Gasteiger partial charge in [0.15, 0.2) is 0 Å². The van der Waals surface area contributed by atoms with Crippen LogP contribution in [0.1, 0.15) is 5.56 Å². The van der Waals surface area contributed by atoms with Crippen LogP contribution in [-0.2, 0) is 16.2 Å². The molecule has 0 unspecified atom stereocenters. The number of nitrogens with zero attached hydrogens (tertiary/aromatic N) is 4. The summed E-state index contributed by atoms with van der Waals surface area (Å²) in [5.74, 6) is -0.196. The molecule has 32 heavy (non-hydrogen) atoms. The summed E-state index contributed by atoms with van der Waals surface area (Å²) >= 11 is 6.30. The number of aromatic nitrogens is 3. The van der Waals surface area contributed by atoms with E-state index in [0.29, 0.717) is 0 Å². The summed E-state index contributed by atoms with van der Waals surface area (Å²) in [7, 11) is -3.68. The van der Waals surface area contributed by atoms with Crippen molar-refractivity contribution in [2.24, 2.45) is 0 Å². The van der Waals surface area contributed by atoms with Gasteiger partial charge in [-0.05, 0) is 29.8 Å². The molecule has 0 saturated carbocycles. The normalized spacial score (nSPS) is 14.2. The van der Waals surface area contributed by atoms with Crippen LogP contribution in [-0.4, -0.2) is 42.6 Å². The largest absolute Gasteiger partial charge is 0.489 e. The predicted molar refractivity (Wildman–Crippen MR) is 113 cm³/mol. The van der Waals surface area contributed by atoms with Gasteiger partial charge in [0.25, 0.3) is 0 Å². The van der Waals surface area contributed by atoms with Crippen molar-refractivity contribution in [1.29, 1.82) is 0 Å². The maximum absolute atomic E-state index is 14.0. The maximum Gasteiger partial charge on any atom is 0.417 e. The molecule has 9 nitrogen and oxygen atoms in total. The molecule has 1 aromatic heterocycles. The summed E-state index contributed by atoms with van der Waals surface area (Å²) in [4.78, 5) is 3.68. The summed E-state index contributed by atoms with van der Waals surface area (Å²) in [6.45, 7) is 0.145. The number of hydrogen-bond donors (Lipinski definition) is 2. The second-order valence-corrected chi connectivity index (χ2v) is 9.27. The summed E-state index contributed by atoms with van der Waals surface area (Å²) in [6, 6.07) is 6.13. The van der Waals surface area contributed by atoms with Crippen LogP contribution < -0.4 is 20.5 Å². The smallest absolute Gasteiger partial charge is 0.417 e. The first kappa shape index (κ1) is 22.0. The molecule has 4 N–H and O–H groups in total. The van der Waals surface area contributed by atoms with Crippen LogP contribution in [0.3, 0.4) is 0 Å². The van der Waals surface area contributed by atoms with Crippen molar-refractivity contribution in [3.8, 4) is 22.6 Å². The number of ether oxygens (including phenoxy) is 1. The van der Waals surface area contributed by atoms with Gasteiger partial charge in [0.05, 0.1) is 34.8 Å². The number of fused-ring (bicyclic) bond motifs is 1. The Labute approximate surface area is 185 Å². The lowest BCUT2D eigenvalue weighted by Crippen LogP contribution is -2.37. The van der Waals surface area contributed by atoms with Gasteiger partial charge in [0.1, 0.15) is 12.4 Å². The summed E-state index contributed by atoms with van der Waals surface area (Å²) in [5, 5.41) is 3.53. The van der Waals surface area contributed by atoms with Crippen molar-refractivity contribution in [3.63, 3.8) is 0 Å². The molecule has 0 bridgehead atoms. The van der Waals surface area contributed by atoms with Crippen LogP contribution in [0.15, 0.2) is 30.3 Å². The van der Waals surface area contributed by atoms with E-state index in [1.165, 1.54) is 24.3 Å². The lowest BCUT2D eigenvalue weighted by molar-refractivity contribution is -0.137. The van der Waals surface area contributed by atoms with Crippen LogP contribution in [0.25, 0.3) is 16.8 Å². The highest BCUT2D eigenvalue weighted by atomic mass is 35.5. The fraction of sp³-hybridized carbons (Fsp3) is 0.222. The second-order valence-electron chi connectivity index (χ2n) is 6.95. The highest BCUT2D eigenvalue weighted by Gasteiger charge is 2.36. The van der Waals surface area contributed by atoms with Crippen LogP contribution in [0.5, 0.6) is 5.75 Å². The Hall–Kier alpha value is -3.19. The highest BCUT2D eigenvalue weighted by Crippen LogP contribution is 2.45. The van der Waals surface area contributed by atoms with Crippen molar-refractivity contribution < 1.29 is 26.3 Å². The number of benzene rings is 2. The number of sulfonamides is 1. The molecule has 0 amide bonds. The topological polar surface area (TPSA) is 129 Å². The summed E-state index contributed by atoms with van der Waals surface area (Å²) < 4.78 is 73.9. The van der Waals surface area contributed by atoms with Crippen molar-refractivity contribution in [1.82, 2.24) is 14.8 Å². The van der Waals surface area contributed by atoms with E-state index in [0.717, 1.165) is 21.3 Å². The fourth-order valence-electron chi connectivity index (χ4n) is 3.46. The Morgan fingerprint density at radius 1 is 1.19 bits per heavy atom. The Kier molecular flexibility index (Phi) is 5.12. The number of alkyl halides is 3. The van der Waals surface area contributed by atoms with Gasteiger partial charge in [-0.1, -0.05) is 17.7 Å². The molecule has 1 aliphatic rings. The monoisotopic (exact) mass is 488 g/mol. The molecule has 0 radical (unpaired) electrons. The van der Waals surface area contributed by atoms with Crippen LogP contribution in [0.2, 0.25) is 5.02 Å². The summed E-state index contributed by atoms with van der Waals surface area (Å²) in [5.41, 5.74) is 9.82. The number of nitrogens with two attached hydrogens (primary N) is 2. The molecule has 170 valence electrons. The van der Waals surface area contributed by atoms with Gasteiger partial charge in [-0.15, -0.1) is 5.10 Å². The third-order valence-electron chi connectivity index (χ3n) is 4.74. The SMILES string of the molecule is CS(=O)(=O)N1CCOc2ccc(-c3c(Cl)cc(-n4nc(N)nc4N)cc3C(F)(F)F)cc21. The van der Waals surface area contributed by atoms with Gasteiger partial charge < -0.3 is 16.2 Å². The molecule has 0 aliphatic carbocycles. The first-order valence-corrected chi connectivity index (χ1v) is 11.2. The molecule has 2 aromatic carbocycles. The molecule has 0 saturated heterocycles. The molecule has 0 fully saturated rings. The van der Waals surface area contributed by atoms with Gasteiger partial charge in [-0.3, -0.25) is 4.31 Å². The third kappa shape index (κ3) is 3.88. The van der Waals surface area contributed by atoms with Gasteiger partial charge in [-0.25, -0.2) is 8.42 Å². The molecule has 0 spiro atoms. The third-order valence-corrected chi connectivity index (χ3v) is 6.22. The van der Waals surface area contributed by atoms with E-state index in [1.807, 2.05) is 0 Å². The first-order chi connectivity index (χ1) is 14.9. The number of hydrogen-bond acceptors (Lipinski definition) is 7. The molecule has 1 aliphatic heterocycles.